The fourth-order valence-electron chi connectivity index (χ4n) is 0.843. The van der Waals surface area contributed by atoms with Crippen molar-refractivity contribution >= 4 is 37.5 Å². The highest BCUT2D eigenvalue weighted by Crippen LogP contribution is 2.21. The smallest absolute Gasteiger partial charge is 0.0550 e. The number of fused-ring (bicyclic) bond motifs is 1. The molecule has 1 aromatic heterocycles. The molecule has 0 aliphatic rings. The summed E-state index contributed by atoms with van der Waals surface area (Å²) in [6.07, 6.45) is 1.88. The lowest BCUT2D eigenvalue weighted by Gasteiger charge is -1.87. The molecule has 10 heavy (non-hydrogen) atoms. The Morgan fingerprint density at radius 1 is 1.40 bits per heavy atom. The van der Waals surface area contributed by atoms with Crippen molar-refractivity contribution in [1.29, 1.82) is 0 Å². The molecule has 1 aromatic carbocycles. The van der Waals surface area contributed by atoms with Crippen LogP contribution in [0.5, 0.6) is 0 Å². The van der Waals surface area contributed by atoms with Gasteiger partial charge in [0.15, 0.2) is 0 Å². The fraction of sp³-hybridized carbons (Fsp3) is 0. The van der Waals surface area contributed by atoms with E-state index >= 15 is 0 Å². The van der Waals surface area contributed by atoms with Gasteiger partial charge in [0.2, 0.25) is 0 Å². The number of hydrogen-bond acceptors (Lipinski definition) is 2. The van der Waals surface area contributed by atoms with Crippen LogP contribution in [0.15, 0.2) is 28.9 Å². The maximum atomic E-state index is 4.06. The van der Waals surface area contributed by atoms with E-state index in [1.54, 1.807) is 0 Å². The maximum Gasteiger partial charge on any atom is 0.0550 e. The van der Waals surface area contributed by atoms with Crippen molar-refractivity contribution in [1.82, 2.24) is 4.37 Å². The third-order valence-electron chi connectivity index (χ3n) is 1.31. The highest BCUT2D eigenvalue weighted by Gasteiger charge is 1.94. The SMILES string of the molecule is Brc1ccc2sncc2c1. The number of aromatic nitrogens is 1. The molecule has 0 aliphatic carbocycles. The molecule has 0 fully saturated rings. The lowest BCUT2D eigenvalue weighted by Crippen LogP contribution is -1.61. The zero-order valence-corrected chi connectivity index (χ0v) is 7.45. The Morgan fingerprint density at radius 2 is 2.30 bits per heavy atom. The summed E-state index contributed by atoms with van der Waals surface area (Å²) in [6.45, 7) is 0. The van der Waals surface area contributed by atoms with E-state index in [0.29, 0.717) is 0 Å². The van der Waals surface area contributed by atoms with Gasteiger partial charge in [-0.2, -0.15) is 4.37 Å². The van der Waals surface area contributed by atoms with E-state index in [0.717, 1.165) is 4.47 Å². The Bertz CT molecular complexity index is 355. The molecule has 50 valence electrons. The third kappa shape index (κ3) is 0.954. The molecule has 3 heteroatoms. The first kappa shape index (κ1) is 6.31. The van der Waals surface area contributed by atoms with Gasteiger partial charge in [-0.25, -0.2) is 0 Å². The van der Waals surface area contributed by atoms with Crippen molar-refractivity contribution in [2.24, 2.45) is 0 Å². The molecule has 0 atom stereocenters. The number of halogens is 1. The summed E-state index contributed by atoms with van der Waals surface area (Å²) in [5, 5.41) is 1.21. The van der Waals surface area contributed by atoms with Crippen LogP contribution in [-0.2, 0) is 0 Å². The molecule has 2 aromatic rings. The van der Waals surface area contributed by atoms with E-state index in [2.05, 4.69) is 32.4 Å². The van der Waals surface area contributed by atoms with Crippen LogP contribution in [0.2, 0.25) is 0 Å². The lowest BCUT2D eigenvalue weighted by molar-refractivity contribution is 1.60. The van der Waals surface area contributed by atoms with Gasteiger partial charge >= 0.3 is 0 Å². The topological polar surface area (TPSA) is 12.9 Å². The molecule has 0 radical (unpaired) electrons. The molecule has 1 heterocycles. The minimum Gasteiger partial charge on any atom is -0.200 e. The van der Waals surface area contributed by atoms with Crippen LogP contribution in [-0.4, -0.2) is 4.37 Å². The molecular formula is C7H4BrNS. The van der Waals surface area contributed by atoms with Crippen molar-refractivity contribution in [3.05, 3.63) is 28.9 Å². The van der Waals surface area contributed by atoms with Gasteiger partial charge in [-0.3, -0.25) is 0 Å². The Hall–Kier alpha value is -0.410. The quantitative estimate of drug-likeness (QED) is 0.656. The molecule has 0 saturated carbocycles. The number of hydrogen-bond donors (Lipinski definition) is 0. The normalized spacial score (nSPS) is 10.5. The second-order valence-corrected chi connectivity index (χ2v) is 3.76. The summed E-state index contributed by atoms with van der Waals surface area (Å²) >= 11 is 4.92. The largest absolute Gasteiger partial charge is 0.200 e. The zero-order valence-electron chi connectivity index (χ0n) is 5.04. The van der Waals surface area contributed by atoms with Gasteiger partial charge < -0.3 is 0 Å². The van der Waals surface area contributed by atoms with Gasteiger partial charge in [-0.05, 0) is 29.7 Å². The zero-order chi connectivity index (χ0) is 6.97. The number of rotatable bonds is 0. The molecule has 0 N–H and O–H groups in total. The minimum absolute atomic E-state index is 1.11. The van der Waals surface area contributed by atoms with E-state index in [-0.39, 0.29) is 0 Å². The second kappa shape index (κ2) is 2.32. The van der Waals surface area contributed by atoms with Crippen LogP contribution >= 0.6 is 27.5 Å². The third-order valence-corrected chi connectivity index (χ3v) is 2.59. The van der Waals surface area contributed by atoms with Crippen molar-refractivity contribution in [3.8, 4) is 0 Å². The number of nitrogens with zero attached hydrogens (tertiary/aromatic N) is 1. The Labute approximate surface area is 71.0 Å². The van der Waals surface area contributed by atoms with Gasteiger partial charge in [0.1, 0.15) is 0 Å². The minimum atomic E-state index is 1.11. The van der Waals surface area contributed by atoms with E-state index in [4.69, 9.17) is 0 Å². The van der Waals surface area contributed by atoms with Crippen molar-refractivity contribution < 1.29 is 0 Å². The first-order valence-electron chi connectivity index (χ1n) is 2.86. The van der Waals surface area contributed by atoms with Crippen molar-refractivity contribution in [2.45, 2.75) is 0 Å². The van der Waals surface area contributed by atoms with E-state index < -0.39 is 0 Å². The van der Waals surface area contributed by atoms with E-state index in [1.807, 2.05) is 12.3 Å². The average molecular weight is 214 g/mol. The summed E-state index contributed by atoms with van der Waals surface area (Å²) in [7, 11) is 0. The van der Waals surface area contributed by atoms with Crippen LogP contribution in [0.3, 0.4) is 0 Å². The van der Waals surface area contributed by atoms with Crippen molar-refractivity contribution in [3.63, 3.8) is 0 Å². The van der Waals surface area contributed by atoms with Crippen LogP contribution in [0.25, 0.3) is 10.1 Å². The van der Waals surface area contributed by atoms with E-state index in [1.165, 1.54) is 21.6 Å². The summed E-state index contributed by atoms with van der Waals surface area (Å²) < 4.78 is 6.41. The first-order chi connectivity index (χ1) is 4.86. The van der Waals surface area contributed by atoms with Crippen LogP contribution in [0, 0.1) is 0 Å². The standard InChI is InChI=1S/C7H4BrNS/c8-6-1-2-7-5(3-6)4-9-10-7/h1-4H. The monoisotopic (exact) mass is 213 g/mol. The summed E-state index contributed by atoms with van der Waals surface area (Å²) in [5.74, 6) is 0. The average Bonchev–Trinajstić information content (AvgIpc) is 2.33. The molecule has 1 nitrogen and oxygen atoms in total. The molecule has 0 bridgehead atoms. The molecule has 0 saturated heterocycles. The van der Waals surface area contributed by atoms with Crippen LogP contribution in [0.4, 0.5) is 0 Å². The molecular weight excluding hydrogens is 210 g/mol. The predicted octanol–water partition coefficient (Wildman–Crippen LogP) is 3.06. The Balaban J connectivity index is 2.86. The van der Waals surface area contributed by atoms with E-state index in [9.17, 15) is 0 Å². The second-order valence-electron chi connectivity index (χ2n) is 2.01. The molecule has 0 amide bonds. The van der Waals surface area contributed by atoms with Gasteiger partial charge in [0.25, 0.3) is 0 Å². The lowest BCUT2D eigenvalue weighted by atomic mass is 10.3. The summed E-state index contributed by atoms with van der Waals surface area (Å²) in [6, 6.07) is 6.16. The molecule has 0 spiro atoms. The van der Waals surface area contributed by atoms with Gasteiger partial charge in [-0.15, -0.1) is 0 Å². The van der Waals surface area contributed by atoms with Gasteiger partial charge in [-0.1, -0.05) is 15.9 Å². The van der Waals surface area contributed by atoms with Crippen molar-refractivity contribution in [2.75, 3.05) is 0 Å². The van der Waals surface area contributed by atoms with Crippen LogP contribution < -0.4 is 0 Å². The Morgan fingerprint density at radius 3 is 3.20 bits per heavy atom. The fourth-order valence-corrected chi connectivity index (χ4v) is 1.85. The maximum absolute atomic E-state index is 4.06. The molecule has 2 rings (SSSR count). The van der Waals surface area contributed by atoms with Gasteiger partial charge in [0, 0.05) is 16.1 Å². The molecule has 0 aliphatic heterocycles. The Kier molecular flexibility index (Phi) is 1.47. The molecule has 0 unspecified atom stereocenters. The predicted molar refractivity (Wildman–Crippen MR) is 47.3 cm³/mol. The number of benzene rings is 1. The highest BCUT2D eigenvalue weighted by atomic mass is 79.9. The summed E-state index contributed by atoms with van der Waals surface area (Å²) in [4.78, 5) is 0. The van der Waals surface area contributed by atoms with Crippen LogP contribution in [0.1, 0.15) is 0 Å². The van der Waals surface area contributed by atoms with Gasteiger partial charge in [0.05, 0.1) is 4.70 Å². The first-order valence-corrected chi connectivity index (χ1v) is 4.43. The summed E-state index contributed by atoms with van der Waals surface area (Å²) in [5.41, 5.74) is 0. The highest BCUT2D eigenvalue weighted by molar-refractivity contribution is 9.10.